The molecule has 0 saturated heterocycles. The van der Waals surface area contributed by atoms with E-state index in [2.05, 4.69) is 121 Å². The van der Waals surface area contributed by atoms with E-state index < -0.39 is 36.0 Å². The van der Waals surface area contributed by atoms with Gasteiger partial charge in [-0.25, -0.2) is 9.59 Å². The zero-order valence-corrected chi connectivity index (χ0v) is 31.6. The van der Waals surface area contributed by atoms with Gasteiger partial charge in [0.15, 0.2) is 12.2 Å². The van der Waals surface area contributed by atoms with Gasteiger partial charge in [0.05, 0.1) is 23.0 Å². The lowest BCUT2D eigenvalue weighted by Gasteiger charge is -2.49. The summed E-state index contributed by atoms with van der Waals surface area (Å²) < 4.78 is 13.4. The molecule has 11 rings (SSSR count). The first-order valence-electron chi connectivity index (χ1n) is 19.7. The van der Waals surface area contributed by atoms with Gasteiger partial charge in [0, 0.05) is 0 Å². The van der Waals surface area contributed by atoms with Gasteiger partial charge in [0.2, 0.25) is 0 Å². The van der Waals surface area contributed by atoms with Crippen molar-refractivity contribution in [3.05, 3.63) is 240 Å². The van der Waals surface area contributed by atoms with Crippen molar-refractivity contribution in [1.29, 1.82) is 0 Å². The van der Waals surface area contributed by atoms with E-state index in [0.29, 0.717) is 11.1 Å². The van der Waals surface area contributed by atoms with E-state index in [1.54, 1.807) is 24.3 Å². The van der Waals surface area contributed by atoms with Crippen LogP contribution in [0.5, 0.6) is 0 Å². The molecule has 0 spiro atoms. The summed E-state index contributed by atoms with van der Waals surface area (Å²) in [4.78, 5) is 28.4. The predicted octanol–water partition coefficient (Wildman–Crippen LogP) is 12.4. The van der Waals surface area contributed by atoms with Gasteiger partial charge in [-0.2, -0.15) is 0 Å². The van der Waals surface area contributed by atoms with Crippen LogP contribution < -0.4 is 0 Å². The number of fused-ring (bicyclic) bond motifs is 1. The zero-order valence-electron chi connectivity index (χ0n) is 31.6. The Hall–Kier alpha value is -7.30. The van der Waals surface area contributed by atoms with Crippen molar-refractivity contribution < 1.29 is 19.1 Å². The molecule has 0 aromatic heterocycles. The lowest BCUT2D eigenvalue weighted by Crippen LogP contribution is -2.51. The van der Waals surface area contributed by atoms with Crippen LogP contribution in [0.4, 0.5) is 0 Å². The maximum atomic E-state index is 14.2. The van der Waals surface area contributed by atoms with Gasteiger partial charge in [-0.1, -0.05) is 158 Å². The first kappa shape index (κ1) is 35.1. The number of ether oxygens (including phenoxy) is 2. The average molecular weight is 751 g/mol. The van der Waals surface area contributed by atoms with Crippen molar-refractivity contribution in [3.8, 4) is 44.5 Å². The third kappa shape index (κ3) is 6.29. The summed E-state index contributed by atoms with van der Waals surface area (Å²) in [5.41, 5.74) is 13.7. The molecule has 3 aliphatic carbocycles. The SMILES string of the molecule is O=C(OC1C2c3cc(-c4ccccc4)c(-c4ccccc4)cc3C(c3cc(-c4ccccc4)c(-c4ccccc4)cc32)C1OC(=O)c1ccccc1)c1ccccc1. The lowest BCUT2D eigenvalue weighted by molar-refractivity contribution is -0.0557. The first-order valence-corrected chi connectivity index (χ1v) is 19.7. The van der Waals surface area contributed by atoms with E-state index in [4.69, 9.17) is 9.47 Å². The molecule has 278 valence electrons. The Balaban J connectivity index is 1.26. The summed E-state index contributed by atoms with van der Waals surface area (Å²) in [6.45, 7) is 0. The van der Waals surface area contributed by atoms with E-state index in [9.17, 15) is 9.59 Å². The van der Waals surface area contributed by atoms with Crippen LogP contribution in [0, 0.1) is 0 Å². The van der Waals surface area contributed by atoms with Gasteiger partial charge >= 0.3 is 11.9 Å². The van der Waals surface area contributed by atoms with Gasteiger partial charge < -0.3 is 9.47 Å². The summed E-state index contributed by atoms with van der Waals surface area (Å²) >= 11 is 0. The Kier molecular flexibility index (Phi) is 9.08. The molecule has 8 aromatic carbocycles. The van der Waals surface area contributed by atoms with E-state index in [1.165, 1.54) is 0 Å². The molecule has 0 saturated carbocycles. The summed E-state index contributed by atoms with van der Waals surface area (Å²) in [5.74, 6) is -1.85. The van der Waals surface area contributed by atoms with Gasteiger partial charge in [-0.05, 0) is 115 Å². The van der Waals surface area contributed by atoms with Crippen LogP contribution in [0.25, 0.3) is 44.5 Å². The number of hydrogen-bond acceptors (Lipinski definition) is 4. The molecule has 0 N–H and O–H groups in total. The minimum atomic E-state index is -0.831. The Bertz CT molecular complexity index is 2420. The normalized spacial score (nSPS) is 17.4. The molecule has 2 unspecified atom stereocenters. The van der Waals surface area contributed by atoms with Crippen molar-refractivity contribution in [2.24, 2.45) is 0 Å². The fraction of sp³-hybridized carbons (Fsp3) is 0.0741. The zero-order chi connectivity index (χ0) is 39.0. The summed E-state index contributed by atoms with van der Waals surface area (Å²) in [7, 11) is 0. The van der Waals surface area contributed by atoms with E-state index in [0.717, 1.165) is 66.8 Å². The Morgan fingerprint density at radius 1 is 0.310 bits per heavy atom. The van der Waals surface area contributed by atoms with E-state index >= 15 is 0 Å². The first-order chi connectivity index (χ1) is 28.6. The Labute approximate surface area is 338 Å². The standard InChI is InChI=1S/C54H38O4/c55-53(39-27-15-5-16-28-39)57-51-49-45-31-41(35-19-7-1-8-20-35)42(36-21-9-2-10-22-36)32-46(45)50(52(51)58-54(56)40-29-17-6-18-30-40)48-34-44(38-25-13-4-14-26-38)43(33-47(48)49)37-23-11-3-12-24-37/h1-34,49-52H. The van der Waals surface area contributed by atoms with Gasteiger partial charge in [-0.3, -0.25) is 0 Å². The third-order valence-electron chi connectivity index (χ3n) is 11.6. The molecule has 3 aliphatic rings. The molecule has 2 atom stereocenters. The van der Waals surface area contributed by atoms with Gasteiger partial charge in [0.25, 0.3) is 0 Å². The van der Waals surface area contributed by atoms with Gasteiger partial charge in [0.1, 0.15) is 0 Å². The molecule has 0 aliphatic heterocycles. The largest absolute Gasteiger partial charge is 0.454 e. The van der Waals surface area contributed by atoms with Crippen molar-refractivity contribution >= 4 is 11.9 Å². The molecule has 0 fully saturated rings. The third-order valence-corrected chi connectivity index (χ3v) is 11.6. The molecule has 4 heteroatoms. The summed E-state index contributed by atoms with van der Waals surface area (Å²) in [6, 6.07) is 69.0. The smallest absolute Gasteiger partial charge is 0.338 e. The molecule has 2 bridgehead atoms. The number of hydrogen-bond donors (Lipinski definition) is 0. The lowest BCUT2D eigenvalue weighted by atomic mass is 9.59. The maximum Gasteiger partial charge on any atom is 0.338 e. The van der Waals surface area contributed by atoms with Crippen molar-refractivity contribution in [2.45, 2.75) is 24.0 Å². The Morgan fingerprint density at radius 3 is 0.776 bits per heavy atom. The fourth-order valence-corrected chi connectivity index (χ4v) is 8.99. The fourth-order valence-electron chi connectivity index (χ4n) is 8.99. The number of carbonyl (C=O) groups is 2. The molecule has 4 nitrogen and oxygen atoms in total. The molecular weight excluding hydrogens is 713 g/mol. The second kappa shape index (κ2) is 15.0. The van der Waals surface area contributed by atoms with Crippen LogP contribution in [0.1, 0.15) is 54.8 Å². The highest BCUT2D eigenvalue weighted by atomic mass is 16.6. The molecular formula is C54H38O4. The number of esters is 2. The highest BCUT2D eigenvalue weighted by Gasteiger charge is 2.54. The second-order valence-electron chi connectivity index (χ2n) is 14.9. The summed E-state index contributed by atoms with van der Waals surface area (Å²) in [6.07, 6.45) is -1.66. The monoisotopic (exact) mass is 750 g/mol. The van der Waals surface area contributed by atoms with Crippen molar-refractivity contribution in [1.82, 2.24) is 0 Å². The van der Waals surface area contributed by atoms with Crippen molar-refractivity contribution in [3.63, 3.8) is 0 Å². The van der Waals surface area contributed by atoms with E-state index in [1.807, 2.05) is 60.7 Å². The molecule has 0 amide bonds. The summed E-state index contributed by atoms with van der Waals surface area (Å²) in [5, 5.41) is 0. The topological polar surface area (TPSA) is 52.6 Å². The Morgan fingerprint density at radius 2 is 0.534 bits per heavy atom. The minimum Gasteiger partial charge on any atom is -0.454 e. The average Bonchev–Trinajstić information content (AvgIpc) is 3.30. The minimum absolute atomic E-state index is 0.436. The molecule has 8 aromatic rings. The number of rotatable bonds is 8. The molecule has 0 radical (unpaired) electrons. The van der Waals surface area contributed by atoms with Gasteiger partial charge in [-0.15, -0.1) is 0 Å². The quantitative estimate of drug-likeness (QED) is 0.145. The van der Waals surface area contributed by atoms with Crippen LogP contribution in [0.15, 0.2) is 206 Å². The predicted molar refractivity (Wildman–Crippen MR) is 230 cm³/mol. The van der Waals surface area contributed by atoms with Crippen LogP contribution in [0.2, 0.25) is 0 Å². The van der Waals surface area contributed by atoms with Crippen LogP contribution in [0.3, 0.4) is 0 Å². The maximum absolute atomic E-state index is 14.2. The molecule has 0 heterocycles. The van der Waals surface area contributed by atoms with E-state index in [-0.39, 0.29) is 0 Å². The van der Waals surface area contributed by atoms with Crippen LogP contribution >= 0.6 is 0 Å². The highest BCUT2D eigenvalue weighted by Crippen LogP contribution is 2.58. The molecule has 58 heavy (non-hydrogen) atoms. The number of benzene rings is 8. The van der Waals surface area contributed by atoms with Crippen molar-refractivity contribution in [2.75, 3.05) is 0 Å². The second-order valence-corrected chi connectivity index (χ2v) is 14.9. The van der Waals surface area contributed by atoms with Crippen LogP contribution in [-0.4, -0.2) is 24.1 Å². The van der Waals surface area contributed by atoms with Crippen LogP contribution in [-0.2, 0) is 9.47 Å². The number of carbonyl (C=O) groups excluding carboxylic acids is 2. The highest BCUT2D eigenvalue weighted by molar-refractivity contribution is 5.92.